The van der Waals surface area contributed by atoms with Crippen LogP contribution in [0, 0.1) is 0 Å². The SMILES string of the molecule is CCNCCCCOCCCc1ccccc1. The van der Waals surface area contributed by atoms with Gasteiger partial charge in [-0.3, -0.25) is 0 Å². The number of nitrogens with one attached hydrogen (secondary N) is 1. The lowest BCUT2D eigenvalue weighted by atomic mass is 10.1. The molecular formula is C15H25NO. The molecule has 0 aliphatic heterocycles. The predicted octanol–water partition coefficient (Wildman–Crippen LogP) is 3.03. The van der Waals surface area contributed by atoms with Crippen molar-refractivity contribution >= 4 is 0 Å². The Morgan fingerprint density at radius 2 is 1.76 bits per heavy atom. The standard InChI is InChI=1S/C15H25NO/c1-2-16-12-6-7-13-17-14-8-11-15-9-4-3-5-10-15/h3-5,9-10,16H,2,6-8,11-14H2,1H3. The fraction of sp³-hybridized carbons (Fsp3) is 0.600. The number of ether oxygens (including phenoxy) is 1. The van der Waals surface area contributed by atoms with Gasteiger partial charge in [-0.15, -0.1) is 0 Å². The zero-order valence-corrected chi connectivity index (χ0v) is 11.0. The lowest BCUT2D eigenvalue weighted by Crippen LogP contribution is -2.14. The fourth-order valence-electron chi connectivity index (χ4n) is 1.76. The van der Waals surface area contributed by atoms with Gasteiger partial charge >= 0.3 is 0 Å². The Hall–Kier alpha value is -0.860. The van der Waals surface area contributed by atoms with Crippen molar-refractivity contribution in [1.29, 1.82) is 0 Å². The number of aryl methyl sites for hydroxylation is 1. The van der Waals surface area contributed by atoms with Gasteiger partial charge in [0.1, 0.15) is 0 Å². The maximum absolute atomic E-state index is 5.61. The minimum atomic E-state index is 0.885. The van der Waals surface area contributed by atoms with Crippen molar-refractivity contribution in [1.82, 2.24) is 5.32 Å². The lowest BCUT2D eigenvalue weighted by molar-refractivity contribution is 0.128. The summed E-state index contributed by atoms with van der Waals surface area (Å²) in [6.45, 7) is 6.11. The topological polar surface area (TPSA) is 21.3 Å². The first-order valence-corrected chi connectivity index (χ1v) is 6.76. The molecule has 0 radical (unpaired) electrons. The number of hydrogen-bond acceptors (Lipinski definition) is 2. The lowest BCUT2D eigenvalue weighted by Gasteiger charge is -2.05. The average Bonchev–Trinajstić information content (AvgIpc) is 2.38. The Bertz CT molecular complexity index is 261. The van der Waals surface area contributed by atoms with Crippen molar-refractivity contribution in [3.63, 3.8) is 0 Å². The summed E-state index contributed by atoms with van der Waals surface area (Å²) >= 11 is 0. The van der Waals surface area contributed by atoms with E-state index in [1.54, 1.807) is 0 Å². The molecule has 0 unspecified atom stereocenters. The third-order valence-electron chi connectivity index (χ3n) is 2.74. The van der Waals surface area contributed by atoms with E-state index < -0.39 is 0 Å². The van der Waals surface area contributed by atoms with Crippen LogP contribution in [0.4, 0.5) is 0 Å². The minimum absolute atomic E-state index is 0.885. The molecule has 0 aliphatic rings. The van der Waals surface area contributed by atoms with Crippen LogP contribution in [0.1, 0.15) is 31.7 Å². The molecule has 2 nitrogen and oxygen atoms in total. The number of hydrogen-bond donors (Lipinski definition) is 1. The van der Waals surface area contributed by atoms with Crippen molar-refractivity contribution in [2.45, 2.75) is 32.6 Å². The first-order chi connectivity index (χ1) is 8.43. The van der Waals surface area contributed by atoms with Crippen LogP contribution < -0.4 is 5.32 Å². The van der Waals surface area contributed by atoms with Gasteiger partial charge in [-0.25, -0.2) is 0 Å². The van der Waals surface area contributed by atoms with E-state index in [-0.39, 0.29) is 0 Å². The number of benzene rings is 1. The fourth-order valence-corrected chi connectivity index (χ4v) is 1.76. The summed E-state index contributed by atoms with van der Waals surface area (Å²) in [5.41, 5.74) is 1.41. The monoisotopic (exact) mass is 235 g/mol. The largest absolute Gasteiger partial charge is 0.381 e. The Morgan fingerprint density at radius 1 is 1.00 bits per heavy atom. The summed E-state index contributed by atoms with van der Waals surface area (Å²) in [7, 11) is 0. The molecule has 0 aliphatic carbocycles. The summed E-state index contributed by atoms with van der Waals surface area (Å²) in [5.74, 6) is 0. The van der Waals surface area contributed by atoms with Crippen LogP contribution in [0.2, 0.25) is 0 Å². The van der Waals surface area contributed by atoms with Crippen LogP contribution in [-0.4, -0.2) is 26.3 Å². The Labute approximate surface area is 105 Å². The van der Waals surface area contributed by atoms with Gasteiger partial charge < -0.3 is 10.1 Å². The molecule has 0 saturated carbocycles. The van der Waals surface area contributed by atoms with Gasteiger partial charge in [-0.05, 0) is 44.3 Å². The average molecular weight is 235 g/mol. The molecule has 0 bridgehead atoms. The zero-order valence-electron chi connectivity index (χ0n) is 11.0. The molecule has 0 spiro atoms. The van der Waals surface area contributed by atoms with Crippen LogP contribution in [-0.2, 0) is 11.2 Å². The highest BCUT2D eigenvalue weighted by atomic mass is 16.5. The third-order valence-corrected chi connectivity index (χ3v) is 2.74. The van der Waals surface area contributed by atoms with Crippen molar-refractivity contribution in [2.24, 2.45) is 0 Å². The first kappa shape index (κ1) is 14.2. The van der Waals surface area contributed by atoms with Crippen molar-refractivity contribution in [2.75, 3.05) is 26.3 Å². The normalized spacial score (nSPS) is 10.6. The molecular weight excluding hydrogens is 210 g/mol. The van der Waals surface area contributed by atoms with Crippen molar-refractivity contribution < 1.29 is 4.74 Å². The van der Waals surface area contributed by atoms with E-state index in [1.807, 2.05) is 0 Å². The Balaban J connectivity index is 1.85. The molecule has 0 aromatic heterocycles. The highest BCUT2D eigenvalue weighted by molar-refractivity contribution is 5.14. The van der Waals surface area contributed by atoms with E-state index >= 15 is 0 Å². The van der Waals surface area contributed by atoms with Crippen LogP contribution >= 0.6 is 0 Å². The molecule has 2 heteroatoms. The molecule has 0 saturated heterocycles. The summed E-state index contributed by atoms with van der Waals surface area (Å²) < 4.78 is 5.61. The minimum Gasteiger partial charge on any atom is -0.381 e. The van der Waals surface area contributed by atoms with E-state index in [1.165, 1.54) is 18.4 Å². The summed E-state index contributed by atoms with van der Waals surface area (Å²) in [4.78, 5) is 0. The zero-order chi connectivity index (χ0) is 12.2. The second-order valence-electron chi connectivity index (χ2n) is 4.26. The smallest absolute Gasteiger partial charge is 0.0469 e. The van der Waals surface area contributed by atoms with E-state index in [0.29, 0.717) is 0 Å². The molecule has 0 heterocycles. The van der Waals surface area contributed by atoms with Crippen molar-refractivity contribution in [3.05, 3.63) is 35.9 Å². The van der Waals surface area contributed by atoms with E-state index in [4.69, 9.17) is 4.74 Å². The van der Waals surface area contributed by atoms with Gasteiger partial charge in [-0.1, -0.05) is 37.3 Å². The van der Waals surface area contributed by atoms with Gasteiger partial charge in [0.15, 0.2) is 0 Å². The maximum Gasteiger partial charge on any atom is 0.0469 e. The summed E-state index contributed by atoms with van der Waals surface area (Å²) in [6.07, 6.45) is 4.63. The first-order valence-electron chi connectivity index (χ1n) is 6.76. The van der Waals surface area contributed by atoms with Crippen molar-refractivity contribution in [3.8, 4) is 0 Å². The second-order valence-corrected chi connectivity index (χ2v) is 4.26. The Morgan fingerprint density at radius 3 is 2.53 bits per heavy atom. The molecule has 17 heavy (non-hydrogen) atoms. The van der Waals surface area contributed by atoms with Gasteiger partial charge in [-0.2, -0.15) is 0 Å². The molecule has 0 amide bonds. The van der Waals surface area contributed by atoms with E-state index in [0.717, 1.165) is 39.1 Å². The predicted molar refractivity (Wildman–Crippen MR) is 73.4 cm³/mol. The highest BCUT2D eigenvalue weighted by Crippen LogP contribution is 2.02. The third kappa shape index (κ3) is 7.94. The molecule has 1 aromatic rings. The van der Waals surface area contributed by atoms with Gasteiger partial charge in [0, 0.05) is 13.2 Å². The molecule has 1 aromatic carbocycles. The molecule has 1 rings (SSSR count). The van der Waals surface area contributed by atoms with Crippen LogP contribution in [0.25, 0.3) is 0 Å². The number of unbranched alkanes of at least 4 members (excludes halogenated alkanes) is 1. The number of rotatable bonds is 10. The van der Waals surface area contributed by atoms with E-state index in [9.17, 15) is 0 Å². The van der Waals surface area contributed by atoms with Gasteiger partial charge in [0.05, 0.1) is 0 Å². The molecule has 0 atom stereocenters. The molecule has 96 valence electrons. The van der Waals surface area contributed by atoms with Crippen LogP contribution in [0.15, 0.2) is 30.3 Å². The van der Waals surface area contributed by atoms with Crippen LogP contribution in [0.5, 0.6) is 0 Å². The summed E-state index contributed by atoms with van der Waals surface area (Å²) in [6, 6.07) is 10.6. The van der Waals surface area contributed by atoms with Gasteiger partial charge in [0.2, 0.25) is 0 Å². The van der Waals surface area contributed by atoms with Crippen LogP contribution in [0.3, 0.4) is 0 Å². The second kappa shape index (κ2) is 10.3. The van der Waals surface area contributed by atoms with E-state index in [2.05, 4.69) is 42.6 Å². The highest BCUT2D eigenvalue weighted by Gasteiger charge is 1.93. The van der Waals surface area contributed by atoms with Gasteiger partial charge in [0.25, 0.3) is 0 Å². The maximum atomic E-state index is 5.61. The summed E-state index contributed by atoms with van der Waals surface area (Å²) in [5, 5.41) is 3.32. The quantitative estimate of drug-likeness (QED) is 0.629. The Kier molecular flexibility index (Phi) is 8.61. The molecule has 0 fully saturated rings. The molecule has 1 N–H and O–H groups in total.